The summed E-state index contributed by atoms with van der Waals surface area (Å²) in [6, 6.07) is 4.44. The summed E-state index contributed by atoms with van der Waals surface area (Å²) in [6.07, 6.45) is 4.21. The number of ether oxygens (including phenoxy) is 1. The van der Waals surface area contributed by atoms with Crippen LogP contribution in [0, 0.1) is 11.2 Å². The van der Waals surface area contributed by atoms with E-state index >= 15 is 0 Å². The van der Waals surface area contributed by atoms with Gasteiger partial charge in [0.15, 0.2) is 0 Å². The minimum absolute atomic E-state index is 0.246. The smallest absolute Gasteiger partial charge is 0.126 e. The van der Waals surface area contributed by atoms with Crippen molar-refractivity contribution in [2.24, 2.45) is 5.41 Å². The molecular weight excluding hydrogens is 243 g/mol. The predicted molar refractivity (Wildman–Crippen MR) is 71.6 cm³/mol. The maximum Gasteiger partial charge on any atom is 0.126 e. The zero-order valence-electron chi connectivity index (χ0n) is 11.6. The van der Waals surface area contributed by atoms with E-state index in [1.54, 1.807) is 6.07 Å². The normalized spacial score (nSPS) is 32.7. The van der Waals surface area contributed by atoms with Crippen LogP contribution in [0.1, 0.15) is 57.6 Å². The highest BCUT2D eigenvalue weighted by molar-refractivity contribution is 5.38. The molecule has 1 saturated carbocycles. The van der Waals surface area contributed by atoms with E-state index in [0.717, 1.165) is 19.3 Å². The van der Waals surface area contributed by atoms with Gasteiger partial charge in [0.05, 0.1) is 6.10 Å². The predicted octanol–water partition coefficient (Wildman–Crippen LogP) is 3.98. The zero-order chi connectivity index (χ0) is 13.7. The maximum absolute atomic E-state index is 13.3. The van der Waals surface area contributed by atoms with Gasteiger partial charge in [-0.1, -0.05) is 13.8 Å². The van der Waals surface area contributed by atoms with Crippen molar-refractivity contribution in [2.75, 3.05) is 0 Å². The first kappa shape index (κ1) is 12.9. The largest absolute Gasteiger partial charge is 0.487 e. The average Bonchev–Trinajstić information content (AvgIpc) is 2.29. The summed E-state index contributed by atoms with van der Waals surface area (Å²) in [5.74, 6) is 0.333. The van der Waals surface area contributed by atoms with Gasteiger partial charge in [-0.25, -0.2) is 4.39 Å². The van der Waals surface area contributed by atoms with Crippen LogP contribution < -0.4 is 4.74 Å². The molecule has 0 aromatic heterocycles. The van der Waals surface area contributed by atoms with Gasteiger partial charge in [-0.05, 0) is 49.3 Å². The molecule has 2 aliphatic rings. The first-order valence-electron chi connectivity index (χ1n) is 7.06. The third-order valence-electron chi connectivity index (χ3n) is 4.51. The van der Waals surface area contributed by atoms with Crippen molar-refractivity contribution in [3.63, 3.8) is 0 Å². The van der Waals surface area contributed by atoms with Crippen molar-refractivity contribution >= 4 is 0 Å². The highest BCUT2D eigenvalue weighted by Crippen LogP contribution is 2.50. The molecule has 1 spiro atoms. The van der Waals surface area contributed by atoms with Crippen LogP contribution in [0.25, 0.3) is 0 Å². The average molecular weight is 264 g/mol. The van der Waals surface area contributed by atoms with E-state index in [4.69, 9.17) is 4.74 Å². The van der Waals surface area contributed by atoms with Crippen molar-refractivity contribution in [3.05, 3.63) is 29.6 Å². The summed E-state index contributed by atoms with van der Waals surface area (Å²) >= 11 is 0. The van der Waals surface area contributed by atoms with E-state index in [1.807, 2.05) is 0 Å². The summed E-state index contributed by atoms with van der Waals surface area (Å²) in [5.41, 5.74) is 0.565. The Bertz CT molecular complexity index is 498. The summed E-state index contributed by atoms with van der Waals surface area (Å²) < 4.78 is 19.5. The van der Waals surface area contributed by atoms with Gasteiger partial charge in [-0.3, -0.25) is 0 Å². The number of rotatable bonds is 0. The molecule has 19 heavy (non-hydrogen) atoms. The Kier molecular flexibility index (Phi) is 2.86. The molecule has 3 heteroatoms. The van der Waals surface area contributed by atoms with Crippen LogP contribution >= 0.6 is 0 Å². The lowest BCUT2D eigenvalue weighted by Gasteiger charge is -2.48. The van der Waals surface area contributed by atoms with Gasteiger partial charge in [0.1, 0.15) is 17.2 Å². The Labute approximate surface area is 113 Å². The molecule has 3 rings (SSSR count). The number of hydrogen-bond acceptors (Lipinski definition) is 2. The van der Waals surface area contributed by atoms with Crippen molar-refractivity contribution in [2.45, 2.75) is 57.7 Å². The lowest BCUT2D eigenvalue weighted by Crippen LogP contribution is -2.47. The molecule has 2 atom stereocenters. The fourth-order valence-corrected chi connectivity index (χ4v) is 3.81. The Hall–Kier alpha value is -1.09. The van der Waals surface area contributed by atoms with Crippen molar-refractivity contribution in [3.8, 4) is 5.75 Å². The number of fused-ring (bicyclic) bond motifs is 1. The second-order valence-electron chi connectivity index (χ2n) is 6.88. The van der Waals surface area contributed by atoms with Gasteiger partial charge in [0, 0.05) is 12.0 Å². The molecule has 1 aromatic rings. The summed E-state index contributed by atoms with van der Waals surface area (Å²) in [6.45, 7) is 4.51. The van der Waals surface area contributed by atoms with Gasteiger partial charge < -0.3 is 9.84 Å². The lowest BCUT2D eigenvalue weighted by atomic mass is 9.67. The molecule has 1 aromatic carbocycles. The van der Waals surface area contributed by atoms with E-state index < -0.39 is 6.10 Å². The van der Waals surface area contributed by atoms with Crippen LogP contribution in [0.4, 0.5) is 4.39 Å². The SMILES string of the molecule is CC1(C)CCCC2(C[C@H](O)c3cc(F)ccc3O2)C1. The molecule has 0 bridgehead atoms. The molecule has 0 saturated heterocycles. The van der Waals surface area contributed by atoms with Crippen LogP contribution in [0.5, 0.6) is 5.75 Å². The van der Waals surface area contributed by atoms with Gasteiger partial charge in [-0.15, -0.1) is 0 Å². The van der Waals surface area contributed by atoms with Crippen LogP contribution in [-0.2, 0) is 0 Å². The molecule has 1 heterocycles. The van der Waals surface area contributed by atoms with Gasteiger partial charge in [0.25, 0.3) is 0 Å². The van der Waals surface area contributed by atoms with Gasteiger partial charge in [0.2, 0.25) is 0 Å². The third kappa shape index (κ3) is 2.36. The van der Waals surface area contributed by atoms with Crippen molar-refractivity contribution in [1.82, 2.24) is 0 Å². The van der Waals surface area contributed by atoms with E-state index in [1.165, 1.54) is 18.6 Å². The Morgan fingerprint density at radius 3 is 2.84 bits per heavy atom. The zero-order valence-corrected chi connectivity index (χ0v) is 11.6. The standard InChI is InChI=1S/C16H21FO2/c1-15(2)6-3-7-16(10-15)9-13(18)12-8-11(17)4-5-14(12)19-16/h4-5,8,13,18H,3,6-7,9-10H2,1-2H3/t13-,16?/m0/s1. The monoisotopic (exact) mass is 264 g/mol. The molecule has 0 amide bonds. The molecule has 1 fully saturated rings. The third-order valence-corrected chi connectivity index (χ3v) is 4.51. The molecular formula is C16H21FO2. The Balaban J connectivity index is 1.94. The number of benzene rings is 1. The molecule has 1 unspecified atom stereocenters. The lowest BCUT2D eigenvalue weighted by molar-refractivity contribution is -0.0678. The molecule has 1 aliphatic heterocycles. The van der Waals surface area contributed by atoms with E-state index in [0.29, 0.717) is 17.7 Å². The van der Waals surface area contributed by atoms with Crippen LogP contribution in [0.2, 0.25) is 0 Å². The highest BCUT2D eigenvalue weighted by atomic mass is 19.1. The van der Waals surface area contributed by atoms with Gasteiger partial charge in [-0.2, -0.15) is 0 Å². The Morgan fingerprint density at radius 2 is 2.11 bits per heavy atom. The summed E-state index contributed by atoms with van der Waals surface area (Å²) in [5, 5.41) is 10.3. The first-order valence-corrected chi connectivity index (χ1v) is 7.06. The second kappa shape index (κ2) is 4.20. The minimum Gasteiger partial charge on any atom is -0.487 e. The molecule has 1 N–H and O–H groups in total. The number of aliphatic hydroxyl groups excluding tert-OH is 1. The molecule has 104 valence electrons. The highest BCUT2D eigenvalue weighted by Gasteiger charge is 2.46. The van der Waals surface area contributed by atoms with Crippen molar-refractivity contribution in [1.29, 1.82) is 0 Å². The number of aliphatic hydroxyl groups is 1. The molecule has 1 aliphatic carbocycles. The van der Waals surface area contributed by atoms with Crippen LogP contribution in [0.15, 0.2) is 18.2 Å². The first-order chi connectivity index (χ1) is 8.89. The fourth-order valence-electron chi connectivity index (χ4n) is 3.81. The maximum atomic E-state index is 13.3. The van der Waals surface area contributed by atoms with Crippen LogP contribution in [-0.4, -0.2) is 10.7 Å². The van der Waals surface area contributed by atoms with Crippen molar-refractivity contribution < 1.29 is 14.2 Å². The quantitative estimate of drug-likeness (QED) is 0.768. The van der Waals surface area contributed by atoms with Crippen LogP contribution in [0.3, 0.4) is 0 Å². The summed E-state index contributed by atoms with van der Waals surface area (Å²) in [4.78, 5) is 0. The summed E-state index contributed by atoms with van der Waals surface area (Å²) in [7, 11) is 0. The van der Waals surface area contributed by atoms with E-state index in [9.17, 15) is 9.50 Å². The van der Waals surface area contributed by atoms with Gasteiger partial charge >= 0.3 is 0 Å². The second-order valence-corrected chi connectivity index (χ2v) is 6.88. The van der Waals surface area contributed by atoms with E-state index in [-0.39, 0.29) is 16.8 Å². The van der Waals surface area contributed by atoms with E-state index in [2.05, 4.69) is 13.8 Å². The molecule has 2 nitrogen and oxygen atoms in total. The Morgan fingerprint density at radius 1 is 1.32 bits per heavy atom. The minimum atomic E-state index is -0.617. The topological polar surface area (TPSA) is 29.5 Å². The number of hydrogen-bond donors (Lipinski definition) is 1. The molecule has 0 radical (unpaired) electrons. The number of halogens is 1. The fraction of sp³-hybridized carbons (Fsp3) is 0.625.